The first-order valence-corrected chi connectivity index (χ1v) is 11.5. The smallest absolute Gasteiger partial charge is 0.410 e. The van der Waals surface area contributed by atoms with Gasteiger partial charge in [-0.05, 0) is 57.9 Å². The van der Waals surface area contributed by atoms with Crippen molar-refractivity contribution in [1.29, 1.82) is 0 Å². The molecule has 8 nitrogen and oxygen atoms in total. The molecular formula is C23H28BrN5O3. The Bertz CT molecular complexity index is 1150. The van der Waals surface area contributed by atoms with Crippen molar-refractivity contribution in [3.63, 3.8) is 0 Å². The molecule has 0 radical (unpaired) electrons. The first kappa shape index (κ1) is 22.4. The molecule has 1 aromatic carbocycles. The third kappa shape index (κ3) is 4.82. The van der Waals surface area contributed by atoms with E-state index in [1.165, 1.54) is 0 Å². The number of phenolic OH excluding ortho intramolecular Hbond substituents is 1. The molecule has 1 atom stereocenters. The summed E-state index contributed by atoms with van der Waals surface area (Å²) in [6, 6.07) is 7.45. The first-order valence-electron chi connectivity index (χ1n) is 10.7. The fourth-order valence-electron chi connectivity index (χ4n) is 3.90. The number of halogens is 1. The second-order valence-electron chi connectivity index (χ2n) is 9.13. The maximum atomic E-state index is 12.4. The van der Waals surface area contributed by atoms with E-state index >= 15 is 0 Å². The van der Waals surface area contributed by atoms with E-state index in [0.717, 1.165) is 28.5 Å². The van der Waals surface area contributed by atoms with Crippen LogP contribution in [-0.2, 0) is 11.8 Å². The van der Waals surface area contributed by atoms with Crippen LogP contribution in [0.5, 0.6) is 5.75 Å². The van der Waals surface area contributed by atoms with E-state index in [0.29, 0.717) is 30.1 Å². The molecule has 1 fully saturated rings. The fraction of sp³-hybridized carbons (Fsp3) is 0.435. The highest BCUT2D eigenvalue weighted by atomic mass is 79.9. The van der Waals surface area contributed by atoms with Crippen LogP contribution in [0.15, 0.2) is 34.9 Å². The predicted molar refractivity (Wildman–Crippen MR) is 128 cm³/mol. The third-order valence-electron chi connectivity index (χ3n) is 5.38. The number of nitrogens with zero attached hydrogens (tertiary/aromatic N) is 4. The van der Waals surface area contributed by atoms with E-state index < -0.39 is 5.60 Å². The molecule has 0 bridgehead atoms. The summed E-state index contributed by atoms with van der Waals surface area (Å²) in [6.07, 6.45) is 3.35. The highest BCUT2D eigenvalue weighted by Gasteiger charge is 2.27. The Labute approximate surface area is 195 Å². The van der Waals surface area contributed by atoms with E-state index in [9.17, 15) is 9.90 Å². The molecule has 2 aromatic heterocycles. The van der Waals surface area contributed by atoms with Crippen molar-refractivity contribution in [1.82, 2.24) is 19.4 Å². The number of anilines is 1. The van der Waals surface area contributed by atoms with Gasteiger partial charge in [0.15, 0.2) is 5.65 Å². The second-order valence-corrected chi connectivity index (χ2v) is 10.0. The number of piperidine rings is 1. The predicted octanol–water partition coefficient (Wildman–Crippen LogP) is 4.91. The normalized spacial score (nSPS) is 16.9. The molecule has 170 valence electrons. The summed E-state index contributed by atoms with van der Waals surface area (Å²) in [5.74, 6) is 0.795. The number of benzene rings is 1. The number of rotatable bonds is 3. The number of aryl methyl sites for hydroxylation is 1. The van der Waals surface area contributed by atoms with Crippen LogP contribution in [0.25, 0.3) is 22.6 Å². The Morgan fingerprint density at radius 2 is 2.09 bits per heavy atom. The molecule has 0 unspecified atom stereocenters. The zero-order valence-corrected chi connectivity index (χ0v) is 20.3. The number of amides is 1. The number of aromatic nitrogens is 3. The topological polar surface area (TPSA) is 92.5 Å². The maximum absolute atomic E-state index is 12.4. The quantitative estimate of drug-likeness (QED) is 0.529. The van der Waals surface area contributed by atoms with E-state index in [-0.39, 0.29) is 17.9 Å². The monoisotopic (exact) mass is 501 g/mol. The molecular weight excluding hydrogens is 474 g/mol. The summed E-state index contributed by atoms with van der Waals surface area (Å²) in [5.41, 5.74) is 2.46. The number of ether oxygens (including phenoxy) is 1. The summed E-state index contributed by atoms with van der Waals surface area (Å²) in [5, 5.41) is 13.9. The number of hydrogen-bond acceptors (Lipinski definition) is 6. The van der Waals surface area contributed by atoms with Crippen LogP contribution in [0.3, 0.4) is 0 Å². The Hall–Kier alpha value is -2.81. The minimum Gasteiger partial charge on any atom is -0.507 e. The minimum absolute atomic E-state index is 0.110. The maximum Gasteiger partial charge on any atom is 0.410 e. The second kappa shape index (κ2) is 8.61. The summed E-state index contributed by atoms with van der Waals surface area (Å²) in [7, 11) is 1.91. The molecule has 9 heteroatoms. The van der Waals surface area contributed by atoms with Crippen LogP contribution in [0.2, 0.25) is 0 Å². The molecule has 32 heavy (non-hydrogen) atoms. The van der Waals surface area contributed by atoms with Gasteiger partial charge in [0.1, 0.15) is 17.2 Å². The molecule has 1 amide bonds. The molecule has 0 aliphatic carbocycles. The molecule has 3 heterocycles. The van der Waals surface area contributed by atoms with Gasteiger partial charge in [0.2, 0.25) is 0 Å². The van der Waals surface area contributed by atoms with Gasteiger partial charge < -0.3 is 24.6 Å². The summed E-state index contributed by atoms with van der Waals surface area (Å²) in [4.78, 5) is 23.3. The van der Waals surface area contributed by atoms with Gasteiger partial charge in [-0.1, -0.05) is 15.9 Å². The van der Waals surface area contributed by atoms with Crippen molar-refractivity contribution in [2.24, 2.45) is 7.05 Å². The molecule has 3 aromatic rings. The van der Waals surface area contributed by atoms with E-state index in [1.807, 2.05) is 50.6 Å². The lowest BCUT2D eigenvalue weighted by Gasteiger charge is -2.34. The number of fused-ring (bicyclic) bond motifs is 1. The molecule has 0 spiro atoms. The van der Waals surface area contributed by atoms with Gasteiger partial charge in [0, 0.05) is 30.7 Å². The fourth-order valence-corrected chi connectivity index (χ4v) is 4.25. The van der Waals surface area contributed by atoms with Crippen LogP contribution in [-0.4, -0.2) is 55.4 Å². The van der Waals surface area contributed by atoms with E-state index in [4.69, 9.17) is 4.74 Å². The first-order chi connectivity index (χ1) is 15.1. The van der Waals surface area contributed by atoms with Crippen LogP contribution >= 0.6 is 15.9 Å². The number of nitrogens with one attached hydrogen (secondary N) is 1. The zero-order chi connectivity index (χ0) is 23.0. The van der Waals surface area contributed by atoms with Gasteiger partial charge in [-0.2, -0.15) is 0 Å². The standard InChI is InChI=1S/C23H28BrN5O3/c1-23(2,3)32-22(31)29-9-5-6-15(13-29)26-16-11-18-20(25-12-16)27-21(28(18)4)17-8-7-14(24)10-19(17)30/h7-8,10-12,15,26,30H,5-6,9,13H2,1-4H3/t15-/m1/s1. The summed E-state index contributed by atoms with van der Waals surface area (Å²) < 4.78 is 8.24. The number of imidazole rings is 1. The van der Waals surface area contributed by atoms with Gasteiger partial charge in [-0.3, -0.25) is 0 Å². The van der Waals surface area contributed by atoms with Crippen molar-refractivity contribution < 1.29 is 14.6 Å². The van der Waals surface area contributed by atoms with Crippen LogP contribution < -0.4 is 5.32 Å². The largest absolute Gasteiger partial charge is 0.507 e. The number of likely N-dealkylation sites (tertiary alicyclic amines) is 1. The van der Waals surface area contributed by atoms with Gasteiger partial charge in [0.25, 0.3) is 0 Å². The third-order valence-corrected chi connectivity index (χ3v) is 5.88. The molecule has 4 rings (SSSR count). The molecule has 1 aliphatic heterocycles. The minimum atomic E-state index is -0.507. The van der Waals surface area contributed by atoms with Crippen LogP contribution in [0, 0.1) is 0 Å². The van der Waals surface area contributed by atoms with Crippen molar-refractivity contribution in [2.45, 2.75) is 45.3 Å². The number of carbonyl (C=O) groups excluding carboxylic acids is 1. The van der Waals surface area contributed by atoms with Gasteiger partial charge in [-0.25, -0.2) is 14.8 Å². The lowest BCUT2D eigenvalue weighted by Crippen LogP contribution is -2.47. The van der Waals surface area contributed by atoms with Gasteiger partial charge in [0.05, 0.1) is 23.0 Å². The van der Waals surface area contributed by atoms with Crippen molar-refractivity contribution in [3.8, 4) is 17.1 Å². The molecule has 2 N–H and O–H groups in total. The SMILES string of the molecule is Cn1c(-c2ccc(Br)cc2O)nc2ncc(N[C@@H]3CCCN(C(=O)OC(C)(C)C)C3)cc21. The average Bonchev–Trinajstić information content (AvgIpc) is 3.03. The van der Waals surface area contributed by atoms with Crippen LogP contribution in [0.4, 0.5) is 10.5 Å². The Morgan fingerprint density at radius 1 is 1.31 bits per heavy atom. The molecule has 0 saturated carbocycles. The van der Waals surface area contributed by atoms with E-state index in [1.54, 1.807) is 17.2 Å². The number of phenols is 1. The Morgan fingerprint density at radius 3 is 2.81 bits per heavy atom. The number of carbonyl (C=O) groups is 1. The molecule has 1 aliphatic rings. The highest BCUT2D eigenvalue weighted by molar-refractivity contribution is 9.10. The van der Waals surface area contributed by atoms with Crippen molar-refractivity contribution >= 4 is 38.9 Å². The van der Waals surface area contributed by atoms with Crippen molar-refractivity contribution in [2.75, 3.05) is 18.4 Å². The van der Waals surface area contributed by atoms with E-state index in [2.05, 4.69) is 31.2 Å². The molecule has 1 saturated heterocycles. The summed E-state index contributed by atoms with van der Waals surface area (Å²) >= 11 is 3.37. The van der Waals surface area contributed by atoms with Gasteiger partial charge >= 0.3 is 6.09 Å². The highest BCUT2D eigenvalue weighted by Crippen LogP contribution is 2.33. The average molecular weight is 502 g/mol. The lowest BCUT2D eigenvalue weighted by molar-refractivity contribution is 0.0206. The lowest BCUT2D eigenvalue weighted by atomic mass is 10.1. The van der Waals surface area contributed by atoms with Crippen LogP contribution in [0.1, 0.15) is 33.6 Å². The number of hydrogen-bond donors (Lipinski definition) is 2. The number of aromatic hydroxyl groups is 1. The number of pyridine rings is 1. The Balaban J connectivity index is 1.53. The summed E-state index contributed by atoms with van der Waals surface area (Å²) in [6.45, 7) is 6.91. The van der Waals surface area contributed by atoms with Gasteiger partial charge in [-0.15, -0.1) is 0 Å². The van der Waals surface area contributed by atoms with Crippen molar-refractivity contribution in [3.05, 3.63) is 34.9 Å². The zero-order valence-electron chi connectivity index (χ0n) is 18.7. The Kier molecular flexibility index (Phi) is 6.03.